The van der Waals surface area contributed by atoms with Gasteiger partial charge in [-0.2, -0.15) is 10.2 Å². The predicted octanol–water partition coefficient (Wildman–Crippen LogP) is 3.21. The molecule has 0 spiro atoms. The Hall–Kier alpha value is -3.01. The summed E-state index contributed by atoms with van der Waals surface area (Å²) in [5.74, 6) is -0.700. The first-order valence-corrected chi connectivity index (χ1v) is 14.0. The fourth-order valence-electron chi connectivity index (χ4n) is 4.91. The Morgan fingerprint density at radius 2 is 1.90 bits per heavy atom. The van der Waals surface area contributed by atoms with Crippen molar-refractivity contribution in [2.45, 2.75) is 44.3 Å². The van der Waals surface area contributed by atoms with Crippen molar-refractivity contribution in [2.24, 2.45) is 0 Å². The van der Waals surface area contributed by atoms with E-state index in [4.69, 9.17) is 0 Å². The molecule has 10 nitrogen and oxygen atoms in total. The second-order valence-electron chi connectivity index (χ2n) is 9.60. The quantitative estimate of drug-likeness (QED) is 0.312. The van der Waals surface area contributed by atoms with Crippen molar-refractivity contribution in [2.75, 3.05) is 37.8 Å². The molecule has 2 saturated heterocycles. The number of rotatable bonds is 9. The van der Waals surface area contributed by atoms with E-state index in [1.165, 1.54) is 29.3 Å². The summed E-state index contributed by atoms with van der Waals surface area (Å²) >= 11 is -0.975. The van der Waals surface area contributed by atoms with Crippen molar-refractivity contribution in [3.05, 3.63) is 48.2 Å². The molecule has 1 unspecified atom stereocenters. The van der Waals surface area contributed by atoms with Gasteiger partial charge >= 0.3 is 0 Å². The number of carbonyl (C=O) groups is 1. The van der Waals surface area contributed by atoms with Crippen molar-refractivity contribution < 1.29 is 26.9 Å². The topological polar surface area (TPSA) is 107 Å². The average Bonchev–Trinajstić information content (AvgIpc) is 3.50. The minimum absolute atomic E-state index is 0.0313. The monoisotopic (exact) mass is 568 g/mol. The van der Waals surface area contributed by atoms with Crippen LogP contribution < -0.4 is 5.32 Å². The highest BCUT2D eigenvalue weighted by Crippen LogP contribution is 2.32. The predicted molar refractivity (Wildman–Crippen MR) is 136 cm³/mol. The van der Waals surface area contributed by atoms with Gasteiger partial charge in [0.1, 0.15) is 18.5 Å². The number of halogens is 4. The van der Waals surface area contributed by atoms with Crippen molar-refractivity contribution in [3.8, 4) is 11.3 Å². The molecule has 0 radical (unpaired) electrons. The molecule has 39 heavy (non-hydrogen) atoms. The summed E-state index contributed by atoms with van der Waals surface area (Å²) in [7, 11) is 0. The van der Waals surface area contributed by atoms with E-state index < -0.39 is 42.4 Å². The lowest BCUT2D eigenvalue weighted by molar-refractivity contribution is 0.0300. The number of carbonyl (C=O) groups excluding carboxylic acids is 1. The van der Waals surface area contributed by atoms with Gasteiger partial charge < -0.3 is 9.87 Å². The van der Waals surface area contributed by atoms with Crippen LogP contribution in [0.4, 0.5) is 23.2 Å². The molecule has 1 amide bonds. The number of hydrogen-bond acceptors (Lipinski definition) is 7. The number of alkyl halides is 4. The van der Waals surface area contributed by atoms with Crippen molar-refractivity contribution in [3.63, 3.8) is 0 Å². The van der Waals surface area contributed by atoms with Crippen LogP contribution in [0.2, 0.25) is 0 Å². The number of piperidine rings is 1. The maximum Gasteiger partial charge on any atom is 0.284 e. The van der Waals surface area contributed by atoms with Crippen LogP contribution in [0.1, 0.15) is 41.5 Å². The third-order valence-electron chi connectivity index (χ3n) is 7.02. The average molecular weight is 569 g/mol. The van der Waals surface area contributed by atoms with Gasteiger partial charge in [0.05, 0.1) is 23.6 Å². The van der Waals surface area contributed by atoms with Gasteiger partial charge in [-0.05, 0) is 25.0 Å². The van der Waals surface area contributed by atoms with Crippen LogP contribution in [0.5, 0.6) is 0 Å². The number of nitrogens with zero attached hydrogens (tertiary/aromatic N) is 7. The van der Waals surface area contributed by atoms with Gasteiger partial charge in [0.2, 0.25) is 0 Å². The number of nitrogens with one attached hydrogen (secondary N) is 1. The molecule has 2 aliphatic rings. The van der Waals surface area contributed by atoms with Crippen molar-refractivity contribution in [1.29, 1.82) is 0 Å². The number of aromatic nitrogens is 5. The molecule has 1 atom stereocenters. The fraction of sp³-hybridized carbons (Fsp3) is 0.500. The molecule has 0 aromatic carbocycles. The second-order valence-corrected chi connectivity index (χ2v) is 11.0. The van der Waals surface area contributed by atoms with E-state index in [2.05, 4.69) is 25.4 Å². The number of hydrogen-bond donors (Lipinski definition) is 1. The smallest absolute Gasteiger partial charge is 0.284 e. The lowest BCUT2D eigenvalue weighted by Crippen LogP contribution is -2.56. The van der Waals surface area contributed by atoms with Crippen LogP contribution in [0, 0.1) is 0 Å². The summed E-state index contributed by atoms with van der Waals surface area (Å²) in [6.07, 6.45) is 2.19. The first kappa shape index (κ1) is 27.6. The minimum atomic E-state index is -2.89. The van der Waals surface area contributed by atoms with Gasteiger partial charge in [-0.3, -0.25) is 19.1 Å². The van der Waals surface area contributed by atoms with Crippen LogP contribution in [0.15, 0.2) is 36.8 Å². The second kappa shape index (κ2) is 11.6. The molecule has 0 aliphatic carbocycles. The highest BCUT2D eigenvalue weighted by atomic mass is 32.2. The van der Waals surface area contributed by atoms with Crippen LogP contribution in [0.3, 0.4) is 0 Å². The molecule has 3 aromatic heterocycles. The zero-order valence-electron chi connectivity index (χ0n) is 21.1. The highest BCUT2D eigenvalue weighted by molar-refractivity contribution is 7.88. The van der Waals surface area contributed by atoms with E-state index in [9.17, 15) is 26.9 Å². The molecule has 0 bridgehead atoms. The van der Waals surface area contributed by atoms with Crippen molar-refractivity contribution >= 4 is 23.0 Å². The highest BCUT2D eigenvalue weighted by Gasteiger charge is 2.37. The van der Waals surface area contributed by atoms with Gasteiger partial charge in [0.15, 0.2) is 5.69 Å². The minimum Gasteiger partial charge on any atom is -0.598 e. The lowest BCUT2D eigenvalue weighted by atomic mass is 9.98. The Kier molecular flexibility index (Phi) is 8.21. The van der Waals surface area contributed by atoms with E-state index in [0.717, 1.165) is 30.6 Å². The first-order valence-electron chi connectivity index (χ1n) is 12.5. The number of likely N-dealkylation sites (tertiary alicyclic amines) is 1. The first-order chi connectivity index (χ1) is 18.7. The number of pyridine rings is 1. The van der Waals surface area contributed by atoms with Gasteiger partial charge in [0.25, 0.3) is 18.8 Å². The summed E-state index contributed by atoms with van der Waals surface area (Å²) < 4.78 is 68.9. The molecule has 5 heterocycles. The summed E-state index contributed by atoms with van der Waals surface area (Å²) in [4.78, 5) is 19.4. The van der Waals surface area contributed by atoms with E-state index in [-0.39, 0.29) is 17.4 Å². The Morgan fingerprint density at radius 1 is 1.15 bits per heavy atom. The van der Waals surface area contributed by atoms with Gasteiger partial charge in [0, 0.05) is 61.5 Å². The third-order valence-corrected chi connectivity index (χ3v) is 8.11. The van der Waals surface area contributed by atoms with E-state index in [1.54, 1.807) is 18.4 Å². The van der Waals surface area contributed by atoms with Crippen LogP contribution in [0.25, 0.3) is 11.3 Å². The van der Waals surface area contributed by atoms with E-state index in [0.29, 0.717) is 30.4 Å². The van der Waals surface area contributed by atoms with Crippen LogP contribution in [-0.4, -0.2) is 89.1 Å². The Balaban J connectivity index is 1.23. The molecule has 210 valence electrons. The lowest BCUT2D eigenvalue weighted by Gasteiger charge is -2.46. The molecule has 3 aromatic rings. The van der Waals surface area contributed by atoms with Crippen LogP contribution >= 0.6 is 0 Å². The summed E-state index contributed by atoms with van der Waals surface area (Å²) in [5.41, 5.74) is 0.124. The van der Waals surface area contributed by atoms with Crippen molar-refractivity contribution in [1.82, 2.24) is 33.8 Å². The van der Waals surface area contributed by atoms with Gasteiger partial charge in [-0.1, -0.05) is 6.07 Å². The molecule has 2 aliphatic heterocycles. The zero-order chi connectivity index (χ0) is 27.7. The fourth-order valence-corrected chi connectivity index (χ4v) is 5.64. The Labute approximate surface area is 225 Å². The number of amides is 1. The molecule has 15 heteroatoms. The number of anilines is 1. The molecular formula is C24H28F4N8O2S. The molecule has 0 saturated carbocycles. The molecule has 1 N–H and O–H groups in total. The largest absolute Gasteiger partial charge is 0.598 e. The molecule has 5 rings (SSSR count). The molecule has 2 fully saturated rings. The van der Waals surface area contributed by atoms with E-state index in [1.807, 2.05) is 4.31 Å². The maximum absolute atomic E-state index is 13.8. The summed E-state index contributed by atoms with van der Waals surface area (Å²) in [6, 6.07) is 4.84. The third kappa shape index (κ3) is 6.26. The summed E-state index contributed by atoms with van der Waals surface area (Å²) in [6.45, 7) is 2.26. The van der Waals surface area contributed by atoms with Gasteiger partial charge in [-0.25, -0.2) is 22.5 Å². The SMILES string of the molecule is C[S+]([O-])N1CCC(N2CC(n3cc(NC(=O)c4cccc(-c5cnn(CC(F)F)c5)n4)c(C(F)F)n3)C2)CC1. The Bertz CT molecular complexity index is 1290. The molecular weight excluding hydrogens is 540 g/mol. The van der Waals surface area contributed by atoms with Crippen LogP contribution in [-0.2, 0) is 17.9 Å². The zero-order valence-corrected chi connectivity index (χ0v) is 21.9. The standard InChI is InChI=1S/C24H28F4N8O2S/c1-39(38)35-7-5-16(6-8-35)33-11-17(12-33)36-13-20(22(32-36)23(27)28)31-24(37)19-4-2-3-18(30-19)15-9-29-34(10-15)14-21(25)26/h2-4,9-10,13,16-17,21,23H,5-8,11-12,14H2,1H3,(H,31,37). The maximum atomic E-state index is 13.8. The van der Waals surface area contributed by atoms with Gasteiger partial charge in [-0.15, -0.1) is 4.31 Å². The Morgan fingerprint density at radius 3 is 2.56 bits per heavy atom. The summed E-state index contributed by atoms with van der Waals surface area (Å²) in [5, 5.41) is 10.4. The van der Waals surface area contributed by atoms with E-state index >= 15 is 0 Å². The normalized spacial score (nSPS) is 18.6.